The Hall–Kier alpha value is -2.99. The monoisotopic (exact) mass is 310 g/mol. The molecule has 0 bridgehead atoms. The van der Waals surface area contributed by atoms with Crippen molar-refractivity contribution in [2.45, 2.75) is 12.1 Å². The Kier molecular flexibility index (Phi) is 3.67. The predicted molar refractivity (Wildman–Crippen MR) is 81.3 cm³/mol. The minimum absolute atomic E-state index is 0.198. The molecular formula is C17H14N2O4. The first-order valence-electron chi connectivity index (χ1n) is 7.01. The van der Waals surface area contributed by atoms with E-state index in [2.05, 4.69) is 0 Å². The lowest BCUT2D eigenvalue weighted by Crippen LogP contribution is -2.51. The minimum atomic E-state index is -1.47. The summed E-state index contributed by atoms with van der Waals surface area (Å²) in [5.41, 5.74) is 6.16. The van der Waals surface area contributed by atoms with Gasteiger partial charge in [0.15, 0.2) is 0 Å². The highest BCUT2D eigenvalue weighted by atomic mass is 16.3. The topological polar surface area (TPSA) is 101 Å². The van der Waals surface area contributed by atoms with Gasteiger partial charge in [0.25, 0.3) is 11.8 Å². The molecule has 6 nitrogen and oxygen atoms in total. The summed E-state index contributed by atoms with van der Waals surface area (Å²) in [6, 6.07) is 13.1. The standard InChI is InChI=1S/C17H14N2O4/c18-15(21)13(14(20)10-6-2-1-3-7-10)19-16(22)11-8-4-5-9-12(11)17(19)23/h1-9,13-14,20H,(H2,18,21)/t13-,14+/m0/s1. The second kappa shape index (κ2) is 5.66. The molecule has 0 spiro atoms. The van der Waals surface area contributed by atoms with E-state index in [1.807, 2.05) is 0 Å². The minimum Gasteiger partial charge on any atom is -0.386 e. The molecule has 1 aliphatic heterocycles. The SMILES string of the molecule is NC(=O)[C@H]([C@H](O)c1ccccc1)N1C(=O)c2ccccc2C1=O. The van der Waals surface area contributed by atoms with E-state index in [-0.39, 0.29) is 11.1 Å². The fourth-order valence-corrected chi connectivity index (χ4v) is 2.72. The van der Waals surface area contributed by atoms with Gasteiger partial charge in [-0.25, -0.2) is 0 Å². The van der Waals surface area contributed by atoms with Crippen molar-refractivity contribution in [3.63, 3.8) is 0 Å². The van der Waals surface area contributed by atoms with E-state index in [0.29, 0.717) is 5.56 Å². The van der Waals surface area contributed by atoms with Gasteiger partial charge in [-0.1, -0.05) is 42.5 Å². The van der Waals surface area contributed by atoms with Crippen LogP contribution in [0.15, 0.2) is 54.6 Å². The van der Waals surface area contributed by atoms with Crippen molar-refractivity contribution in [1.29, 1.82) is 0 Å². The molecule has 23 heavy (non-hydrogen) atoms. The normalized spacial score (nSPS) is 16.1. The highest BCUT2D eigenvalue weighted by molar-refractivity contribution is 6.22. The summed E-state index contributed by atoms with van der Waals surface area (Å²) < 4.78 is 0. The molecule has 0 radical (unpaired) electrons. The maximum atomic E-state index is 12.5. The molecule has 2 atom stereocenters. The van der Waals surface area contributed by atoms with E-state index >= 15 is 0 Å². The average molecular weight is 310 g/mol. The third kappa shape index (κ3) is 2.39. The van der Waals surface area contributed by atoms with E-state index in [4.69, 9.17) is 5.73 Å². The third-order valence-corrected chi connectivity index (χ3v) is 3.84. The van der Waals surface area contributed by atoms with Gasteiger partial charge >= 0.3 is 0 Å². The van der Waals surface area contributed by atoms with E-state index < -0.39 is 29.9 Å². The lowest BCUT2D eigenvalue weighted by Gasteiger charge is -2.27. The van der Waals surface area contributed by atoms with Gasteiger partial charge < -0.3 is 10.8 Å². The van der Waals surface area contributed by atoms with Crippen LogP contribution in [-0.2, 0) is 4.79 Å². The number of fused-ring (bicyclic) bond motifs is 1. The van der Waals surface area contributed by atoms with Crippen molar-refractivity contribution >= 4 is 17.7 Å². The van der Waals surface area contributed by atoms with Crippen LogP contribution in [-0.4, -0.2) is 33.8 Å². The fourth-order valence-electron chi connectivity index (χ4n) is 2.72. The Morgan fingerprint density at radius 1 is 0.913 bits per heavy atom. The molecular weight excluding hydrogens is 296 g/mol. The Labute approximate surface area is 132 Å². The molecule has 0 aromatic heterocycles. The second-order valence-corrected chi connectivity index (χ2v) is 5.23. The largest absolute Gasteiger partial charge is 0.386 e. The molecule has 2 aromatic carbocycles. The average Bonchev–Trinajstić information content (AvgIpc) is 2.81. The Morgan fingerprint density at radius 3 is 1.87 bits per heavy atom. The second-order valence-electron chi connectivity index (χ2n) is 5.23. The fraction of sp³-hybridized carbons (Fsp3) is 0.118. The van der Waals surface area contributed by atoms with E-state index in [9.17, 15) is 19.5 Å². The predicted octanol–water partition coefficient (Wildman–Crippen LogP) is 0.870. The van der Waals surface area contributed by atoms with Crippen LogP contribution in [0.4, 0.5) is 0 Å². The Morgan fingerprint density at radius 2 is 1.39 bits per heavy atom. The quantitative estimate of drug-likeness (QED) is 0.818. The molecule has 1 aliphatic rings. The van der Waals surface area contributed by atoms with Gasteiger partial charge in [0.2, 0.25) is 5.91 Å². The van der Waals surface area contributed by atoms with Crippen LogP contribution in [0.1, 0.15) is 32.4 Å². The molecule has 0 unspecified atom stereocenters. The maximum Gasteiger partial charge on any atom is 0.262 e. The number of nitrogens with zero attached hydrogens (tertiary/aromatic N) is 1. The number of primary amides is 1. The number of hydrogen-bond acceptors (Lipinski definition) is 4. The highest BCUT2D eigenvalue weighted by Gasteiger charge is 2.45. The number of carbonyl (C=O) groups excluding carboxylic acids is 3. The van der Waals surface area contributed by atoms with E-state index in [1.54, 1.807) is 42.5 Å². The summed E-state index contributed by atoms with van der Waals surface area (Å²) in [5.74, 6) is -2.22. The van der Waals surface area contributed by atoms with Crippen LogP contribution in [0.2, 0.25) is 0 Å². The molecule has 0 fully saturated rings. The van der Waals surface area contributed by atoms with Gasteiger partial charge in [0.05, 0.1) is 11.1 Å². The number of aliphatic hydroxyl groups excluding tert-OH is 1. The molecule has 0 saturated heterocycles. The molecule has 0 saturated carbocycles. The molecule has 0 aliphatic carbocycles. The van der Waals surface area contributed by atoms with Gasteiger partial charge in [-0.15, -0.1) is 0 Å². The summed E-state index contributed by atoms with van der Waals surface area (Å²) in [5, 5.41) is 10.5. The number of benzene rings is 2. The molecule has 116 valence electrons. The number of hydrogen-bond donors (Lipinski definition) is 2. The van der Waals surface area contributed by atoms with Crippen molar-refractivity contribution < 1.29 is 19.5 Å². The lowest BCUT2D eigenvalue weighted by molar-refractivity contribution is -0.125. The van der Waals surface area contributed by atoms with Crippen molar-refractivity contribution in [2.24, 2.45) is 5.73 Å². The molecule has 2 aromatic rings. The van der Waals surface area contributed by atoms with Crippen LogP contribution in [0.3, 0.4) is 0 Å². The Bertz CT molecular complexity index is 753. The van der Waals surface area contributed by atoms with Gasteiger partial charge in [0.1, 0.15) is 12.1 Å². The Balaban J connectivity index is 2.02. The molecule has 6 heteroatoms. The first-order valence-corrected chi connectivity index (χ1v) is 7.01. The number of rotatable bonds is 4. The van der Waals surface area contributed by atoms with Crippen LogP contribution in [0.25, 0.3) is 0 Å². The van der Waals surface area contributed by atoms with Gasteiger partial charge in [-0.3, -0.25) is 19.3 Å². The number of nitrogens with two attached hydrogens (primary N) is 1. The lowest BCUT2D eigenvalue weighted by atomic mass is 10.0. The van der Waals surface area contributed by atoms with Gasteiger partial charge in [-0.05, 0) is 17.7 Å². The van der Waals surface area contributed by atoms with Crippen LogP contribution >= 0.6 is 0 Å². The molecule has 3 rings (SSSR count). The molecule has 1 heterocycles. The zero-order chi connectivity index (χ0) is 16.6. The third-order valence-electron chi connectivity index (χ3n) is 3.84. The van der Waals surface area contributed by atoms with E-state index in [0.717, 1.165) is 4.90 Å². The highest BCUT2D eigenvalue weighted by Crippen LogP contribution is 2.29. The van der Waals surface area contributed by atoms with Gasteiger partial charge in [0, 0.05) is 0 Å². The van der Waals surface area contributed by atoms with Crippen LogP contribution in [0, 0.1) is 0 Å². The zero-order valence-electron chi connectivity index (χ0n) is 12.0. The van der Waals surface area contributed by atoms with Crippen LogP contribution in [0.5, 0.6) is 0 Å². The summed E-state index contributed by atoms with van der Waals surface area (Å²) >= 11 is 0. The van der Waals surface area contributed by atoms with Crippen molar-refractivity contribution in [2.75, 3.05) is 0 Å². The van der Waals surface area contributed by atoms with Crippen LogP contribution < -0.4 is 5.73 Å². The summed E-state index contributed by atoms with van der Waals surface area (Å²) in [4.78, 5) is 37.6. The van der Waals surface area contributed by atoms with E-state index in [1.165, 1.54) is 12.1 Å². The smallest absolute Gasteiger partial charge is 0.262 e. The first kappa shape index (κ1) is 14.9. The zero-order valence-corrected chi connectivity index (χ0v) is 12.0. The van der Waals surface area contributed by atoms with Crippen molar-refractivity contribution in [3.8, 4) is 0 Å². The number of imide groups is 1. The van der Waals surface area contributed by atoms with Gasteiger partial charge in [-0.2, -0.15) is 0 Å². The summed E-state index contributed by atoms with van der Waals surface area (Å²) in [6.45, 7) is 0. The molecule has 3 N–H and O–H groups in total. The maximum absolute atomic E-state index is 12.5. The number of aliphatic hydroxyl groups is 1. The van der Waals surface area contributed by atoms with Crippen molar-refractivity contribution in [1.82, 2.24) is 4.90 Å². The number of amides is 3. The van der Waals surface area contributed by atoms with Crippen molar-refractivity contribution in [3.05, 3.63) is 71.3 Å². The summed E-state index contributed by atoms with van der Waals surface area (Å²) in [6.07, 6.45) is -1.39. The number of carbonyl (C=O) groups is 3. The molecule has 3 amide bonds. The summed E-state index contributed by atoms with van der Waals surface area (Å²) in [7, 11) is 0. The first-order chi connectivity index (χ1) is 11.0.